The molecule has 0 aliphatic rings. The van der Waals surface area contributed by atoms with Crippen LogP contribution >= 0.6 is 11.3 Å². The van der Waals surface area contributed by atoms with Gasteiger partial charge in [0.25, 0.3) is 0 Å². The molecule has 7 heteroatoms. The third-order valence-electron chi connectivity index (χ3n) is 3.50. The zero-order valence-corrected chi connectivity index (χ0v) is 14.6. The van der Waals surface area contributed by atoms with Crippen LogP contribution in [0.15, 0.2) is 48.5 Å². The second-order valence-corrected chi connectivity index (χ2v) is 6.46. The van der Waals surface area contributed by atoms with Gasteiger partial charge in [0.1, 0.15) is 23.7 Å². The molecule has 0 saturated heterocycles. The van der Waals surface area contributed by atoms with Crippen molar-refractivity contribution >= 4 is 32.6 Å². The first-order chi connectivity index (χ1) is 12.1. The van der Waals surface area contributed by atoms with Gasteiger partial charge in [0.15, 0.2) is 5.13 Å². The van der Waals surface area contributed by atoms with Crippen molar-refractivity contribution in [2.75, 3.05) is 31.6 Å². The van der Waals surface area contributed by atoms with Gasteiger partial charge in [-0.05, 0) is 24.3 Å². The summed E-state index contributed by atoms with van der Waals surface area (Å²) in [5, 5.41) is 3.40. The minimum absolute atomic E-state index is 0.140. The number of likely N-dealkylation sites (N-methyl/N-ethyl adjacent to an activating group) is 1. The molecule has 0 aliphatic heterocycles. The standard InChI is InChI=1S/C18H18FN3O2S/c1-22(18-21-17-14(19)8-5-9-15(17)25-18)12-16(23)20-10-11-24-13-6-3-2-4-7-13/h2-9H,10-12H2,1H3,(H,20,23). The average molecular weight is 359 g/mol. The number of halogens is 1. The van der Waals surface area contributed by atoms with Crippen LogP contribution in [0.25, 0.3) is 10.2 Å². The Morgan fingerprint density at radius 1 is 1.24 bits per heavy atom. The number of rotatable bonds is 7. The van der Waals surface area contributed by atoms with Crippen LogP contribution in [0.3, 0.4) is 0 Å². The number of fused-ring (bicyclic) bond motifs is 1. The van der Waals surface area contributed by atoms with Gasteiger partial charge >= 0.3 is 0 Å². The van der Waals surface area contributed by atoms with E-state index in [0.29, 0.717) is 23.8 Å². The Morgan fingerprint density at radius 2 is 2.04 bits per heavy atom. The van der Waals surface area contributed by atoms with E-state index in [1.165, 1.54) is 17.4 Å². The zero-order valence-electron chi connectivity index (χ0n) is 13.7. The molecule has 0 atom stereocenters. The second-order valence-electron chi connectivity index (χ2n) is 5.45. The molecule has 1 amide bonds. The van der Waals surface area contributed by atoms with Crippen LogP contribution in [0, 0.1) is 5.82 Å². The van der Waals surface area contributed by atoms with E-state index in [9.17, 15) is 9.18 Å². The number of hydrogen-bond donors (Lipinski definition) is 1. The Hall–Kier alpha value is -2.67. The summed E-state index contributed by atoms with van der Waals surface area (Å²) in [5.41, 5.74) is 0.339. The molecule has 0 unspecified atom stereocenters. The number of para-hydroxylation sites is 2. The highest BCUT2D eigenvalue weighted by Crippen LogP contribution is 2.29. The fraction of sp³-hybridized carbons (Fsp3) is 0.222. The van der Waals surface area contributed by atoms with Crippen molar-refractivity contribution in [1.29, 1.82) is 0 Å². The van der Waals surface area contributed by atoms with Crippen LogP contribution in [0.4, 0.5) is 9.52 Å². The Labute approximate surface area is 149 Å². The summed E-state index contributed by atoms with van der Waals surface area (Å²) in [5.74, 6) is 0.278. The van der Waals surface area contributed by atoms with Gasteiger partial charge in [-0.3, -0.25) is 4.79 Å². The summed E-state index contributed by atoms with van der Waals surface area (Å²) in [6.45, 7) is 0.953. The van der Waals surface area contributed by atoms with E-state index in [1.807, 2.05) is 36.4 Å². The second kappa shape index (κ2) is 7.94. The lowest BCUT2D eigenvalue weighted by Gasteiger charge is -2.15. The lowest BCUT2D eigenvalue weighted by atomic mass is 10.3. The van der Waals surface area contributed by atoms with E-state index >= 15 is 0 Å². The molecular weight excluding hydrogens is 341 g/mol. The molecule has 1 heterocycles. The number of amides is 1. The van der Waals surface area contributed by atoms with Crippen LogP contribution in [-0.2, 0) is 4.79 Å². The maximum atomic E-state index is 13.7. The molecule has 0 aliphatic carbocycles. The summed E-state index contributed by atoms with van der Waals surface area (Å²) < 4.78 is 20.0. The number of benzene rings is 2. The van der Waals surface area contributed by atoms with Crippen LogP contribution in [0.1, 0.15) is 0 Å². The maximum Gasteiger partial charge on any atom is 0.239 e. The van der Waals surface area contributed by atoms with Crippen LogP contribution in [0.5, 0.6) is 5.75 Å². The van der Waals surface area contributed by atoms with Crippen LogP contribution < -0.4 is 15.0 Å². The Bertz CT molecular complexity index is 854. The number of thiazole rings is 1. The van der Waals surface area contributed by atoms with Gasteiger partial charge in [-0.2, -0.15) is 0 Å². The fourth-order valence-corrected chi connectivity index (χ4v) is 3.22. The normalized spacial score (nSPS) is 10.6. The van der Waals surface area contributed by atoms with Crippen molar-refractivity contribution in [2.24, 2.45) is 0 Å². The molecule has 130 valence electrons. The molecule has 5 nitrogen and oxygen atoms in total. The number of anilines is 1. The number of nitrogens with one attached hydrogen (secondary N) is 1. The summed E-state index contributed by atoms with van der Waals surface area (Å²) in [6.07, 6.45) is 0. The van der Waals surface area contributed by atoms with E-state index in [0.717, 1.165) is 10.4 Å². The molecule has 0 saturated carbocycles. The molecule has 1 N–H and O–H groups in total. The van der Waals surface area contributed by atoms with Gasteiger partial charge < -0.3 is 15.0 Å². The number of hydrogen-bond acceptors (Lipinski definition) is 5. The topological polar surface area (TPSA) is 54.5 Å². The first kappa shape index (κ1) is 17.2. The number of carbonyl (C=O) groups excluding carboxylic acids is 1. The predicted molar refractivity (Wildman–Crippen MR) is 97.8 cm³/mol. The molecule has 3 rings (SSSR count). The highest BCUT2D eigenvalue weighted by molar-refractivity contribution is 7.22. The number of aromatic nitrogens is 1. The number of nitrogens with zero attached hydrogens (tertiary/aromatic N) is 2. The molecule has 0 bridgehead atoms. The summed E-state index contributed by atoms with van der Waals surface area (Å²) in [6, 6.07) is 14.3. The molecule has 0 fully saturated rings. The Morgan fingerprint density at radius 3 is 2.80 bits per heavy atom. The Balaban J connectivity index is 1.47. The lowest BCUT2D eigenvalue weighted by Crippen LogP contribution is -2.37. The van der Waals surface area contributed by atoms with Crippen molar-refractivity contribution < 1.29 is 13.9 Å². The largest absolute Gasteiger partial charge is 0.492 e. The third kappa shape index (κ3) is 4.45. The quantitative estimate of drug-likeness (QED) is 0.659. The van der Waals surface area contributed by atoms with Gasteiger partial charge in [0.2, 0.25) is 5.91 Å². The number of ether oxygens (including phenoxy) is 1. The fourth-order valence-electron chi connectivity index (χ4n) is 2.28. The number of carbonyl (C=O) groups is 1. The first-order valence-electron chi connectivity index (χ1n) is 7.84. The van der Waals surface area contributed by atoms with Crippen LogP contribution in [0.2, 0.25) is 0 Å². The molecule has 0 radical (unpaired) electrons. The summed E-state index contributed by atoms with van der Waals surface area (Å²) in [4.78, 5) is 18.0. The van der Waals surface area contributed by atoms with E-state index < -0.39 is 0 Å². The minimum Gasteiger partial charge on any atom is -0.492 e. The molecule has 2 aromatic carbocycles. The van der Waals surface area contributed by atoms with Crippen molar-refractivity contribution in [3.8, 4) is 5.75 Å². The summed E-state index contributed by atoms with van der Waals surface area (Å²) in [7, 11) is 1.76. The van der Waals surface area contributed by atoms with Gasteiger partial charge in [-0.1, -0.05) is 35.6 Å². The van der Waals surface area contributed by atoms with E-state index in [4.69, 9.17) is 4.74 Å². The van der Waals surface area contributed by atoms with Crippen LogP contribution in [-0.4, -0.2) is 37.6 Å². The highest BCUT2D eigenvalue weighted by Gasteiger charge is 2.13. The maximum absolute atomic E-state index is 13.7. The molecule has 0 spiro atoms. The minimum atomic E-state index is -0.351. The van der Waals surface area contributed by atoms with E-state index in [-0.39, 0.29) is 18.3 Å². The van der Waals surface area contributed by atoms with E-state index in [1.54, 1.807) is 18.0 Å². The van der Waals surface area contributed by atoms with Gasteiger partial charge in [0.05, 0.1) is 17.8 Å². The monoisotopic (exact) mass is 359 g/mol. The summed E-state index contributed by atoms with van der Waals surface area (Å²) >= 11 is 1.36. The smallest absolute Gasteiger partial charge is 0.239 e. The molecular formula is C18H18FN3O2S. The lowest BCUT2D eigenvalue weighted by molar-refractivity contribution is -0.119. The average Bonchev–Trinajstić information content (AvgIpc) is 3.06. The highest BCUT2D eigenvalue weighted by atomic mass is 32.1. The van der Waals surface area contributed by atoms with Crippen molar-refractivity contribution in [3.63, 3.8) is 0 Å². The van der Waals surface area contributed by atoms with Gasteiger partial charge in [-0.25, -0.2) is 9.37 Å². The SMILES string of the molecule is CN(CC(=O)NCCOc1ccccc1)c1nc2c(F)cccc2s1. The zero-order chi connectivity index (χ0) is 17.6. The van der Waals surface area contributed by atoms with Crippen molar-refractivity contribution in [3.05, 3.63) is 54.3 Å². The third-order valence-corrected chi connectivity index (χ3v) is 4.64. The Kier molecular flexibility index (Phi) is 5.45. The van der Waals surface area contributed by atoms with Crippen molar-refractivity contribution in [2.45, 2.75) is 0 Å². The van der Waals surface area contributed by atoms with Gasteiger partial charge in [-0.15, -0.1) is 0 Å². The van der Waals surface area contributed by atoms with Gasteiger partial charge in [0, 0.05) is 7.05 Å². The first-order valence-corrected chi connectivity index (χ1v) is 8.66. The van der Waals surface area contributed by atoms with E-state index in [2.05, 4.69) is 10.3 Å². The molecule has 25 heavy (non-hydrogen) atoms. The predicted octanol–water partition coefficient (Wildman–Crippen LogP) is 3.07. The molecule has 1 aromatic heterocycles. The molecule has 3 aromatic rings. The van der Waals surface area contributed by atoms with Crippen molar-refractivity contribution in [1.82, 2.24) is 10.3 Å².